The predicted molar refractivity (Wildman–Crippen MR) is 67.0 cm³/mol. The number of hydrogen-bond acceptors (Lipinski definition) is 5. The van der Waals surface area contributed by atoms with E-state index in [1.807, 2.05) is 0 Å². The molecular formula is C12H7FN4O4. The maximum Gasteiger partial charge on any atom is 0.348 e. The SMILES string of the molecule is O=C(O)c1c(F)cccc1Oc1cc2n[nH]c(=O)n2cn1. The van der Waals surface area contributed by atoms with Crippen molar-refractivity contribution in [3.8, 4) is 11.6 Å². The second-order valence-corrected chi connectivity index (χ2v) is 4.00. The minimum atomic E-state index is -1.46. The van der Waals surface area contributed by atoms with E-state index < -0.39 is 23.0 Å². The van der Waals surface area contributed by atoms with E-state index in [1.54, 1.807) is 0 Å². The van der Waals surface area contributed by atoms with E-state index in [0.29, 0.717) is 0 Å². The maximum atomic E-state index is 13.5. The van der Waals surface area contributed by atoms with Gasteiger partial charge in [0.1, 0.15) is 23.5 Å². The van der Waals surface area contributed by atoms with E-state index in [2.05, 4.69) is 15.2 Å². The lowest BCUT2D eigenvalue weighted by molar-refractivity contribution is 0.0689. The highest BCUT2D eigenvalue weighted by molar-refractivity contribution is 5.91. The van der Waals surface area contributed by atoms with Crippen LogP contribution in [0.4, 0.5) is 4.39 Å². The Labute approximate surface area is 115 Å². The van der Waals surface area contributed by atoms with Crippen LogP contribution in [0.2, 0.25) is 0 Å². The van der Waals surface area contributed by atoms with Gasteiger partial charge < -0.3 is 9.84 Å². The van der Waals surface area contributed by atoms with Crippen molar-refractivity contribution < 1.29 is 19.0 Å². The number of carboxylic acids is 1. The van der Waals surface area contributed by atoms with Crippen molar-refractivity contribution in [2.45, 2.75) is 0 Å². The summed E-state index contributed by atoms with van der Waals surface area (Å²) in [7, 11) is 0. The van der Waals surface area contributed by atoms with Crippen LogP contribution < -0.4 is 10.4 Å². The third kappa shape index (κ3) is 2.20. The quantitative estimate of drug-likeness (QED) is 0.746. The zero-order valence-electron chi connectivity index (χ0n) is 10.3. The highest BCUT2D eigenvalue weighted by Gasteiger charge is 2.18. The molecule has 2 aromatic heterocycles. The Hall–Kier alpha value is -3.23. The van der Waals surface area contributed by atoms with Crippen LogP contribution in [0.1, 0.15) is 10.4 Å². The molecule has 0 unspecified atom stereocenters. The molecule has 0 aliphatic rings. The minimum Gasteiger partial charge on any atom is -0.477 e. The van der Waals surface area contributed by atoms with Crippen LogP contribution in [0.25, 0.3) is 5.65 Å². The van der Waals surface area contributed by atoms with Gasteiger partial charge in [-0.05, 0) is 12.1 Å². The molecule has 0 spiro atoms. The summed E-state index contributed by atoms with van der Waals surface area (Å²) in [5.41, 5.74) is -0.835. The van der Waals surface area contributed by atoms with Gasteiger partial charge in [-0.1, -0.05) is 6.07 Å². The summed E-state index contributed by atoms with van der Waals surface area (Å²) in [5, 5.41) is 14.9. The molecule has 0 saturated carbocycles. The molecule has 8 nitrogen and oxygen atoms in total. The number of aromatic amines is 1. The van der Waals surface area contributed by atoms with Gasteiger partial charge in [0, 0.05) is 6.07 Å². The molecule has 0 bridgehead atoms. The molecule has 21 heavy (non-hydrogen) atoms. The highest BCUT2D eigenvalue weighted by atomic mass is 19.1. The van der Waals surface area contributed by atoms with Crippen molar-refractivity contribution in [3.05, 3.63) is 52.5 Å². The number of benzene rings is 1. The summed E-state index contributed by atoms with van der Waals surface area (Å²) in [6, 6.07) is 4.94. The van der Waals surface area contributed by atoms with Crippen molar-refractivity contribution in [3.63, 3.8) is 0 Å². The number of ether oxygens (including phenoxy) is 1. The summed E-state index contributed by atoms with van der Waals surface area (Å²) in [4.78, 5) is 26.1. The van der Waals surface area contributed by atoms with Crippen molar-refractivity contribution in [2.24, 2.45) is 0 Å². The van der Waals surface area contributed by atoms with E-state index in [0.717, 1.165) is 16.8 Å². The Balaban J connectivity index is 2.04. The van der Waals surface area contributed by atoms with E-state index in [9.17, 15) is 14.0 Å². The molecule has 0 amide bonds. The van der Waals surface area contributed by atoms with Gasteiger partial charge in [-0.25, -0.2) is 28.5 Å². The number of carboxylic acid groups (broad SMARTS) is 1. The zero-order chi connectivity index (χ0) is 15.0. The Morgan fingerprint density at radius 2 is 2.24 bits per heavy atom. The van der Waals surface area contributed by atoms with Gasteiger partial charge in [0.05, 0.1) is 0 Å². The average Bonchev–Trinajstić information content (AvgIpc) is 2.79. The summed E-state index contributed by atoms with van der Waals surface area (Å²) in [6.45, 7) is 0. The molecule has 3 rings (SSSR count). The fourth-order valence-electron chi connectivity index (χ4n) is 1.76. The molecular weight excluding hydrogens is 283 g/mol. The fourth-order valence-corrected chi connectivity index (χ4v) is 1.76. The van der Waals surface area contributed by atoms with Crippen molar-refractivity contribution in [1.82, 2.24) is 19.6 Å². The van der Waals surface area contributed by atoms with Crippen LogP contribution in [0.3, 0.4) is 0 Å². The molecule has 1 aromatic carbocycles. The number of nitrogens with zero attached hydrogens (tertiary/aromatic N) is 3. The molecule has 0 atom stereocenters. The number of H-pyrrole nitrogens is 1. The van der Waals surface area contributed by atoms with Crippen molar-refractivity contribution >= 4 is 11.6 Å². The molecule has 0 saturated heterocycles. The van der Waals surface area contributed by atoms with Crippen LogP contribution in [0, 0.1) is 5.82 Å². The standard InChI is InChI=1S/C12H7FN4O4/c13-6-2-1-3-7(10(6)11(18)19)21-9-4-8-15-16-12(20)17(8)5-14-9/h1-5H,(H,16,20)(H,18,19). The third-order valence-electron chi connectivity index (χ3n) is 2.69. The molecule has 0 radical (unpaired) electrons. The summed E-state index contributed by atoms with van der Waals surface area (Å²) < 4.78 is 19.9. The number of hydrogen-bond donors (Lipinski definition) is 2. The number of rotatable bonds is 3. The Kier molecular flexibility index (Phi) is 2.87. The first kappa shape index (κ1) is 12.8. The van der Waals surface area contributed by atoms with E-state index >= 15 is 0 Å². The monoisotopic (exact) mass is 290 g/mol. The second-order valence-electron chi connectivity index (χ2n) is 4.00. The predicted octanol–water partition coefficient (Wildman–Crippen LogP) is 1.05. The lowest BCUT2D eigenvalue weighted by Gasteiger charge is -2.08. The Morgan fingerprint density at radius 1 is 1.43 bits per heavy atom. The van der Waals surface area contributed by atoms with Crippen LogP contribution in [-0.4, -0.2) is 30.7 Å². The van der Waals surface area contributed by atoms with Crippen LogP contribution in [-0.2, 0) is 0 Å². The molecule has 2 N–H and O–H groups in total. The lowest BCUT2D eigenvalue weighted by Crippen LogP contribution is -2.09. The summed E-state index contributed by atoms with van der Waals surface area (Å²) in [5.74, 6) is -2.59. The van der Waals surface area contributed by atoms with Gasteiger partial charge in [-0.2, -0.15) is 5.10 Å². The van der Waals surface area contributed by atoms with Crippen LogP contribution in [0.5, 0.6) is 11.6 Å². The first-order chi connectivity index (χ1) is 10.1. The minimum absolute atomic E-state index is 0.0189. The Bertz CT molecular complexity index is 902. The second kappa shape index (κ2) is 4.71. The molecule has 106 valence electrons. The maximum absolute atomic E-state index is 13.5. The topological polar surface area (TPSA) is 110 Å². The highest BCUT2D eigenvalue weighted by Crippen LogP contribution is 2.26. The molecule has 3 aromatic rings. The van der Waals surface area contributed by atoms with E-state index in [1.165, 1.54) is 18.2 Å². The number of halogens is 1. The van der Waals surface area contributed by atoms with Gasteiger partial charge in [-0.15, -0.1) is 0 Å². The number of carbonyl (C=O) groups is 1. The van der Waals surface area contributed by atoms with Crippen molar-refractivity contribution in [2.75, 3.05) is 0 Å². The molecule has 2 heterocycles. The molecule has 0 aliphatic heterocycles. The van der Waals surface area contributed by atoms with Crippen molar-refractivity contribution in [1.29, 1.82) is 0 Å². The molecule has 0 fully saturated rings. The van der Waals surface area contributed by atoms with Crippen LogP contribution in [0.15, 0.2) is 35.4 Å². The number of aromatic nitrogens is 4. The fraction of sp³-hybridized carbons (Fsp3) is 0. The van der Waals surface area contributed by atoms with E-state index in [4.69, 9.17) is 9.84 Å². The van der Waals surface area contributed by atoms with Crippen LogP contribution >= 0.6 is 0 Å². The molecule has 0 aliphatic carbocycles. The smallest absolute Gasteiger partial charge is 0.348 e. The van der Waals surface area contributed by atoms with Gasteiger partial charge in [0.25, 0.3) is 0 Å². The largest absolute Gasteiger partial charge is 0.477 e. The number of fused-ring (bicyclic) bond motifs is 1. The average molecular weight is 290 g/mol. The van der Waals surface area contributed by atoms with Gasteiger partial charge in [-0.3, -0.25) is 0 Å². The first-order valence-corrected chi connectivity index (χ1v) is 5.68. The lowest BCUT2D eigenvalue weighted by atomic mass is 10.2. The number of aromatic carboxylic acids is 1. The van der Waals surface area contributed by atoms with E-state index in [-0.39, 0.29) is 17.3 Å². The summed E-state index contributed by atoms with van der Waals surface area (Å²) in [6.07, 6.45) is 1.16. The summed E-state index contributed by atoms with van der Waals surface area (Å²) >= 11 is 0. The number of nitrogens with one attached hydrogen (secondary N) is 1. The first-order valence-electron chi connectivity index (χ1n) is 5.68. The molecule has 9 heteroatoms. The normalized spacial score (nSPS) is 10.7. The zero-order valence-corrected chi connectivity index (χ0v) is 10.3. The van der Waals surface area contributed by atoms with Gasteiger partial charge >= 0.3 is 11.7 Å². The third-order valence-corrected chi connectivity index (χ3v) is 2.69. The Morgan fingerprint density at radius 3 is 3.00 bits per heavy atom. The van der Waals surface area contributed by atoms with Gasteiger partial charge in [0.2, 0.25) is 5.88 Å². The van der Waals surface area contributed by atoms with Gasteiger partial charge in [0.15, 0.2) is 5.65 Å².